The maximum absolute atomic E-state index is 11.8. The standard InChI is InChI=1S/C11H21NO3/c1-5-9(6-2)10(13)8(4)12-11(14)15-7-3/h8-9H,5-7H2,1-4H3,(H,12,14). The van der Waals surface area contributed by atoms with E-state index in [4.69, 9.17) is 4.74 Å². The van der Waals surface area contributed by atoms with Crippen LogP contribution in [0.3, 0.4) is 0 Å². The van der Waals surface area contributed by atoms with Crippen LogP contribution in [-0.2, 0) is 9.53 Å². The molecule has 0 fully saturated rings. The number of ketones is 1. The second-order valence-corrected chi connectivity index (χ2v) is 3.50. The molecule has 0 saturated heterocycles. The molecule has 0 saturated carbocycles. The number of rotatable bonds is 6. The van der Waals surface area contributed by atoms with Gasteiger partial charge in [-0.1, -0.05) is 13.8 Å². The summed E-state index contributed by atoms with van der Waals surface area (Å²) in [4.78, 5) is 22.8. The van der Waals surface area contributed by atoms with Gasteiger partial charge in [-0.25, -0.2) is 4.79 Å². The molecule has 4 nitrogen and oxygen atoms in total. The summed E-state index contributed by atoms with van der Waals surface area (Å²) in [6, 6.07) is -0.464. The molecule has 0 aromatic heterocycles. The van der Waals surface area contributed by atoms with Gasteiger partial charge < -0.3 is 10.1 Å². The van der Waals surface area contributed by atoms with Gasteiger partial charge in [-0.3, -0.25) is 4.79 Å². The SMILES string of the molecule is CCOC(=O)NC(C)C(=O)C(CC)CC. The van der Waals surface area contributed by atoms with Crippen LogP contribution in [0.25, 0.3) is 0 Å². The van der Waals surface area contributed by atoms with Crippen LogP contribution in [0.2, 0.25) is 0 Å². The Morgan fingerprint density at radius 3 is 2.13 bits per heavy atom. The number of Topliss-reactive ketones (excluding diaryl/α,β-unsaturated/α-hetero) is 1. The molecule has 0 heterocycles. The van der Waals surface area contributed by atoms with E-state index in [1.165, 1.54) is 0 Å². The molecule has 0 aromatic rings. The largest absolute Gasteiger partial charge is 0.450 e. The smallest absolute Gasteiger partial charge is 0.407 e. The zero-order valence-corrected chi connectivity index (χ0v) is 10.0. The summed E-state index contributed by atoms with van der Waals surface area (Å²) in [6.45, 7) is 7.69. The van der Waals surface area contributed by atoms with E-state index < -0.39 is 12.1 Å². The van der Waals surface area contributed by atoms with Gasteiger partial charge in [0.1, 0.15) is 0 Å². The Morgan fingerprint density at radius 2 is 1.73 bits per heavy atom. The van der Waals surface area contributed by atoms with E-state index in [-0.39, 0.29) is 11.7 Å². The lowest BCUT2D eigenvalue weighted by molar-refractivity contribution is -0.124. The Bertz CT molecular complexity index is 212. The van der Waals surface area contributed by atoms with Crippen LogP contribution in [0, 0.1) is 5.92 Å². The third kappa shape index (κ3) is 4.81. The highest BCUT2D eigenvalue weighted by Gasteiger charge is 2.22. The minimum atomic E-state index is -0.524. The maximum atomic E-state index is 11.8. The van der Waals surface area contributed by atoms with Crippen LogP contribution in [0.15, 0.2) is 0 Å². The number of carbonyl (C=O) groups excluding carboxylic acids is 2. The molecule has 88 valence electrons. The minimum absolute atomic E-state index is 0.0296. The third-order valence-electron chi connectivity index (χ3n) is 2.42. The molecule has 0 aliphatic heterocycles. The molecular weight excluding hydrogens is 194 g/mol. The van der Waals surface area contributed by atoms with Crippen molar-refractivity contribution in [1.82, 2.24) is 5.32 Å². The summed E-state index contributed by atoms with van der Waals surface area (Å²) in [7, 11) is 0. The highest BCUT2D eigenvalue weighted by Crippen LogP contribution is 2.11. The Kier molecular flexibility index (Phi) is 6.75. The average molecular weight is 215 g/mol. The second kappa shape index (κ2) is 7.26. The van der Waals surface area contributed by atoms with E-state index in [0.717, 1.165) is 12.8 Å². The molecule has 0 aliphatic rings. The molecule has 0 rings (SSSR count). The number of alkyl carbamates (subject to hydrolysis) is 1. The fraction of sp³-hybridized carbons (Fsp3) is 0.818. The van der Waals surface area contributed by atoms with E-state index in [1.54, 1.807) is 13.8 Å². The first-order valence-corrected chi connectivity index (χ1v) is 5.53. The summed E-state index contributed by atoms with van der Waals surface area (Å²) >= 11 is 0. The number of hydrogen-bond donors (Lipinski definition) is 1. The summed E-state index contributed by atoms with van der Waals surface area (Å²) in [6.07, 6.45) is 1.10. The monoisotopic (exact) mass is 215 g/mol. The fourth-order valence-electron chi connectivity index (χ4n) is 1.47. The van der Waals surface area contributed by atoms with E-state index in [0.29, 0.717) is 6.61 Å². The van der Waals surface area contributed by atoms with Crippen molar-refractivity contribution >= 4 is 11.9 Å². The van der Waals surface area contributed by atoms with E-state index >= 15 is 0 Å². The Hall–Kier alpha value is -1.06. The van der Waals surface area contributed by atoms with Crippen molar-refractivity contribution in [2.45, 2.75) is 46.6 Å². The zero-order valence-electron chi connectivity index (χ0n) is 10.0. The number of nitrogens with one attached hydrogen (secondary N) is 1. The lowest BCUT2D eigenvalue weighted by Crippen LogP contribution is -2.41. The van der Waals surface area contributed by atoms with Gasteiger partial charge in [-0.2, -0.15) is 0 Å². The zero-order chi connectivity index (χ0) is 11.8. The second-order valence-electron chi connectivity index (χ2n) is 3.50. The molecular formula is C11H21NO3. The quantitative estimate of drug-likeness (QED) is 0.738. The van der Waals surface area contributed by atoms with Crippen molar-refractivity contribution in [3.05, 3.63) is 0 Å². The van der Waals surface area contributed by atoms with Crippen molar-refractivity contribution < 1.29 is 14.3 Å². The normalized spacial score (nSPS) is 12.3. The molecule has 1 atom stereocenters. The summed E-state index contributed by atoms with van der Waals surface area (Å²) < 4.78 is 4.71. The maximum Gasteiger partial charge on any atom is 0.407 e. The molecule has 0 spiro atoms. The Morgan fingerprint density at radius 1 is 1.20 bits per heavy atom. The highest BCUT2D eigenvalue weighted by molar-refractivity contribution is 5.88. The van der Waals surface area contributed by atoms with Gasteiger partial charge in [0.05, 0.1) is 12.6 Å². The van der Waals surface area contributed by atoms with Gasteiger partial charge in [-0.05, 0) is 26.7 Å². The van der Waals surface area contributed by atoms with Gasteiger partial charge in [0, 0.05) is 5.92 Å². The molecule has 0 radical (unpaired) electrons. The van der Waals surface area contributed by atoms with Crippen LogP contribution in [0.1, 0.15) is 40.5 Å². The van der Waals surface area contributed by atoms with Crippen molar-refractivity contribution in [2.75, 3.05) is 6.61 Å². The number of amides is 1. The number of ether oxygens (including phenoxy) is 1. The molecule has 0 bridgehead atoms. The predicted molar refractivity (Wildman–Crippen MR) is 58.7 cm³/mol. The van der Waals surface area contributed by atoms with Gasteiger partial charge in [0.15, 0.2) is 5.78 Å². The lowest BCUT2D eigenvalue weighted by Gasteiger charge is -2.17. The molecule has 1 N–H and O–H groups in total. The van der Waals surface area contributed by atoms with Crippen LogP contribution in [-0.4, -0.2) is 24.5 Å². The third-order valence-corrected chi connectivity index (χ3v) is 2.42. The van der Waals surface area contributed by atoms with E-state index in [1.807, 2.05) is 13.8 Å². The number of hydrogen-bond acceptors (Lipinski definition) is 3. The van der Waals surface area contributed by atoms with E-state index in [2.05, 4.69) is 5.32 Å². The molecule has 15 heavy (non-hydrogen) atoms. The van der Waals surface area contributed by atoms with Crippen LogP contribution in [0.5, 0.6) is 0 Å². The first-order valence-electron chi connectivity index (χ1n) is 5.53. The molecule has 4 heteroatoms. The van der Waals surface area contributed by atoms with Gasteiger partial charge in [0.25, 0.3) is 0 Å². The molecule has 0 aromatic carbocycles. The lowest BCUT2D eigenvalue weighted by atomic mass is 9.94. The van der Waals surface area contributed by atoms with Gasteiger partial charge >= 0.3 is 6.09 Å². The number of carbonyl (C=O) groups is 2. The molecule has 1 unspecified atom stereocenters. The molecule has 1 amide bonds. The highest BCUT2D eigenvalue weighted by atomic mass is 16.5. The first kappa shape index (κ1) is 13.9. The summed E-state index contributed by atoms with van der Waals surface area (Å²) in [5.74, 6) is 0.106. The van der Waals surface area contributed by atoms with Crippen molar-refractivity contribution in [3.8, 4) is 0 Å². The van der Waals surface area contributed by atoms with Crippen LogP contribution in [0.4, 0.5) is 4.79 Å². The fourth-order valence-corrected chi connectivity index (χ4v) is 1.47. The van der Waals surface area contributed by atoms with Gasteiger partial charge in [-0.15, -0.1) is 0 Å². The van der Waals surface area contributed by atoms with E-state index in [9.17, 15) is 9.59 Å². The molecule has 0 aliphatic carbocycles. The van der Waals surface area contributed by atoms with Gasteiger partial charge in [0.2, 0.25) is 0 Å². The predicted octanol–water partition coefficient (Wildman–Crippen LogP) is 2.13. The Labute approximate surface area is 91.4 Å². The van der Waals surface area contributed by atoms with Crippen molar-refractivity contribution in [2.24, 2.45) is 5.92 Å². The van der Waals surface area contributed by atoms with Crippen LogP contribution < -0.4 is 5.32 Å². The average Bonchev–Trinajstić information content (AvgIpc) is 2.19. The van der Waals surface area contributed by atoms with Crippen LogP contribution >= 0.6 is 0 Å². The van der Waals surface area contributed by atoms with Crippen molar-refractivity contribution in [1.29, 1.82) is 0 Å². The minimum Gasteiger partial charge on any atom is -0.450 e. The summed E-state index contributed by atoms with van der Waals surface area (Å²) in [5, 5.41) is 2.52. The van der Waals surface area contributed by atoms with Crippen molar-refractivity contribution in [3.63, 3.8) is 0 Å². The topological polar surface area (TPSA) is 55.4 Å². The first-order chi connectivity index (χ1) is 7.06. The summed E-state index contributed by atoms with van der Waals surface area (Å²) in [5.41, 5.74) is 0. The Balaban J connectivity index is 4.13.